The number of aromatic nitrogens is 1. The van der Waals surface area contributed by atoms with Gasteiger partial charge >= 0.3 is 0 Å². The molecule has 0 saturated heterocycles. The molecule has 0 spiro atoms. The first kappa shape index (κ1) is 17.4. The molecule has 1 heterocycles. The van der Waals surface area contributed by atoms with Crippen molar-refractivity contribution in [1.29, 1.82) is 0 Å². The van der Waals surface area contributed by atoms with E-state index in [1.54, 1.807) is 19.2 Å². The molecule has 1 aromatic carbocycles. The predicted octanol–water partition coefficient (Wildman–Crippen LogP) is 4.54. The van der Waals surface area contributed by atoms with E-state index in [9.17, 15) is 4.79 Å². The van der Waals surface area contributed by atoms with E-state index in [1.807, 2.05) is 26.0 Å². The van der Waals surface area contributed by atoms with Gasteiger partial charge in [0.2, 0.25) is 5.13 Å². The van der Waals surface area contributed by atoms with Crippen LogP contribution in [-0.4, -0.2) is 23.1 Å². The van der Waals surface area contributed by atoms with E-state index in [-0.39, 0.29) is 11.9 Å². The number of carbonyl (C=O) groups is 1. The van der Waals surface area contributed by atoms with Crippen molar-refractivity contribution in [3.8, 4) is 5.75 Å². The Hall–Kier alpha value is -1.92. The molecule has 0 radical (unpaired) electrons. The lowest BCUT2D eigenvalue weighted by Gasteiger charge is -2.11. The number of hydrogen-bond acceptors (Lipinski definition) is 6. The Kier molecular flexibility index (Phi) is 5.74. The number of nitrogens with zero attached hydrogens (tertiary/aromatic N) is 2. The van der Waals surface area contributed by atoms with Crippen LogP contribution in [0.25, 0.3) is 0 Å². The van der Waals surface area contributed by atoms with Gasteiger partial charge in [0, 0.05) is 6.92 Å². The molecule has 1 aromatic heterocycles. The third-order valence-corrected chi connectivity index (χ3v) is 4.27. The number of ketones is 1. The molecule has 0 aliphatic heterocycles. The third kappa shape index (κ3) is 4.77. The van der Waals surface area contributed by atoms with Crippen molar-refractivity contribution >= 4 is 40.1 Å². The summed E-state index contributed by atoms with van der Waals surface area (Å²) in [5.74, 6) is 0.651. The molecule has 0 bridgehead atoms. The Morgan fingerprint density at radius 3 is 2.78 bits per heavy atom. The zero-order chi connectivity index (χ0) is 17.0. The fourth-order valence-electron chi connectivity index (χ4n) is 1.88. The third-order valence-electron chi connectivity index (χ3n) is 2.81. The minimum absolute atomic E-state index is 0.00422. The molecule has 23 heavy (non-hydrogen) atoms. The normalized spacial score (nSPS) is 11.2. The zero-order valence-corrected chi connectivity index (χ0v) is 15.0. The molecule has 122 valence electrons. The lowest BCUT2D eigenvalue weighted by molar-refractivity contribution is 0.102. The predicted molar refractivity (Wildman–Crippen MR) is 95.3 cm³/mol. The van der Waals surface area contributed by atoms with Crippen LogP contribution in [0.15, 0.2) is 23.3 Å². The second-order valence-corrected chi connectivity index (χ2v) is 6.62. The number of anilines is 1. The molecule has 0 fully saturated rings. The van der Waals surface area contributed by atoms with E-state index < -0.39 is 0 Å². The fourth-order valence-corrected chi connectivity index (χ4v) is 2.92. The van der Waals surface area contributed by atoms with E-state index in [2.05, 4.69) is 15.5 Å². The summed E-state index contributed by atoms with van der Waals surface area (Å²) in [6.07, 6.45) is 1.70. The molecule has 2 rings (SSSR count). The number of thiazole rings is 1. The van der Waals surface area contributed by atoms with Crippen molar-refractivity contribution in [3.05, 3.63) is 39.4 Å². The number of aryl methyl sites for hydroxylation is 1. The van der Waals surface area contributed by atoms with E-state index in [1.165, 1.54) is 18.3 Å². The molecular weight excluding hydrogens is 334 g/mol. The first-order valence-electron chi connectivity index (χ1n) is 7.10. The SMILES string of the molecule is CC(=O)c1sc(N/N=C\c2ccc(OC(C)C)c(Cl)c2)nc1C. The highest BCUT2D eigenvalue weighted by Gasteiger charge is 2.10. The summed E-state index contributed by atoms with van der Waals surface area (Å²) in [6.45, 7) is 7.22. The lowest BCUT2D eigenvalue weighted by Crippen LogP contribution is -2.05. The highest BCUT2D eigenvalue weighted by atomic mass is 35.5. The number of ether oxygens (including phenoxy) is 1. The highest BCUT2D eigenvalue weighted by molar-refractivity contribution is 7.17. The zero-order valence-electron chi connectivity index (χ0n) is 13.4. The van der Waals surface area contributed by atoms with Gasteiger partial charge in [0.15, 0.2) is 5.78 Å². The van der Waals surface area contributed by atoms with Crippen LogP contribution in [0.4, 0.5) is 5.13 Å². The second kappa shape index (κ2) is 7.57. The quantitative estimate of drug-likeness (QED) is 0.471. The number of benzene rings is 1. The molecule has 7 heteroatoms. The smallest absolute Gasteiger partial charge is 0.204 e. The monoisotopic (exact) mass is 351 g/mol. The van der Waals surface area contributed by atoms with Crippen molar-refractivity contribution < 1.29 is 9.53 Å². The minimum Gasteiger partial charge on any atom is -0.489 e. The highest BCUT2D eigenvalue weighted by Crippen LogP contribution is 2.26. The van der Waals surface area contributed by atoms with Gasteiger partial charge in [0.05, 0.1) is 27.9 Å². The van der Waals surface area contributed by atoms with E-state index in [0.717, 1.165) is 5.56 Å². The number of hydrogen-bond donors (Lipinski definition) is 1. The van der Waals surface area contributed by atoms with Gasteiger partial charge in [0.25, 0.3) is 0 Å². The summed E-state index contributed by atoms with van der Waals surface area (Å²) in [5.41, 5.74) is 4.36. The Morgan fingerprint density at radius 2 is 2.22 bits per heavy atom. The second-order valence-electron chi connectivity index (χ2n) is 5.22. The molecule has 5 nitrogen and oxygen atoms in total. The van der Waals surface area contributed by atoms with Gasteiger partial charge in [-0.15, -0.1) is 0 Å². The number of rotatable bonds is 6. The maximum atomic E-state index is 11.4. The fraction of sp³-hybridized carbons (Fsp3) is 0.312. The van der Waals surface area contributed by atoms with Crippen molar-refractivity contribution in [2.45, 2.75) is 33.8 Å². The maximum absolute atomic E-state index is 11.4. The summed E-state index contributed by atoms with van der Waals surface area (Å²) in [6, 6.07) is 5.45. The van der Waals surface area contributed by atoms with Crippen LogP contribution >= 0.6 is 22.9 Å². The molecule has 0 atom stereocenters. The molecule has 0 saturated carbocycles. The average molecular weight is 352 g/mol. The van der Waals surface area contributed by atoms with Crippen LogP contribution in [0.5, 0.6) is 5.75 Å². The van der Waals surface area contributed by atoms with Gasteiger partial charge in [-0.2, -0.15) is 5.10 Å². The lowest BCUT2D eigenvalue weighted by atomic mass is 10.2. The Balaban J connectivity index is 2.04. The van der Waals surface area contributed by atoms with Gasteiger partial charge in [-0.1, -0.05) is 22.9 Å². The van der Waals surface area contributed by atoms with Crippen molar-refractivity contribution in [3.63, 3.8) is 0 Å². The summed E-state index contributed by atoms with van der Waals surface area (Å²) in [7, 11) is 0. The molecule has 0 unspecified atom stereocenters. The van der Waals surface area contributed by atoms with Crippen LogP contribution < -0.4 is 10.2 Å². The molecule has 0 amide bonds. The first-order chi connectivity index (χ1) is 10.9. The molecule has 1 N–H and O–H groups in total. The summed E-state index contributed by atoms with van der Waals surface area (Å²) in [5, 5.41) is 5.23. The van der Waals surface area contributed by atoms with Crippen LogP contribution in [0.1, 0.15) is 41.7 Å². The maximum Gasteiger partial charge on any atom is 0.204 e. The van der Waals surface area contributed by atoms with Gasteiger partial charge < -0.3 is 4.74 Å². The molecular formula is C16H18ClN3O2S. The van der Waals surface area contributed by atoms with Crippen LogP contribution in [-0.2, 0) is 0 Å². The van der Waals surface area contributed by atoms with Crippen molar-refractivity contribution in [2.75, 3.05) is 5.43 Å². The van der Waals surface area contributed by atoms with E-state index in [4.69, 9.17) is 16.3 Å². The van der Waals surface area contributed by atoms with Gasteiger partial charge in [-0.05, 0) is 44.5 Å². The van der Waals surface area contributed by atoms with Gasteiger partial charge in [0.1, 0.15) is 5.75 Å². The summed E-state index contributed by atoms with van der Waals surface area (Å²) in [4.78, 5) is 16.3. The summed E-state index contributed by atoms with van der Waals surface area (Å²) >= 11 is 7.46. The Morgan fingerprint density at radius 1 is 1.48 bits per heavy atom. The van der Waals surface area contributed by atoms with Crippen LogP contribution in [0, 0.1) is 6.92 Å². The molecule has 2 aromatic rings. The number of carbonyl (C=O) groups excluding carboxylic acids is 1. The van der Waals surface area contributed by atoms with Gasteiger partial charge in [-0.3, -0.25) is 10.2 Å². The molecule has 0 aliphatic rings. The first-order valence-corrected chi connectivity index (χ1v) is 8.30. The largest absolute Gasteiger partial charge is 0.489 e. The van der Waals surface area contributed by atoms with E-state index in [0.29, 0.717) is 26.5 Å². The van der Waals surface area contributed by atoms with Gasteiger partial charge in [-0.25, -0.2) is 4.98 Å². The van der Waals surface area contributed by atoms with Crippen molar-refractivity contribution in [1.82, 2.24) is 4.98 Å². The topological polar surface area (TPSA) is 63.6 Å². The average Bonchev–Trinajstić information content (AvgIpc) is 2.82. The number of halogens is 1. The van der Waals surface area contributed by atoms with E-state index >= 15 is 0 Å². The Labute approximate surface area is 144 Å². The standard InChI is InChI=1S/C16H18ClN3O2S/c1-9(2)22-14-6-5-12(7-13(14)17)8-18-20-16-19-10(3)15(23-16)11(4)21/h5-9H,1-4H3,(H,19,20)/b18-8-. The number of hydrazone groups is 1. The minimum atomic E-state index is 0.00422. The number of nitrogens with one attached hydrogen (secondary N) is 1. The summed E-state index contributed by atoms with van der Waals surface area (Å²) < 4.78 is 5.58. The number of Topliss-reactive ketones (excluding diaryl/α,β-unsaturated/α-hetero) is 1. The molecule has 0 aliphatic carbocycles. The van der Waals surface area contributed by atoms with Crippen LogP contribution in [0.3, 0.4) is 0 Å². The van der Waals surface area contributed by atoms with Crippen molar-refractivity contribution in [2.24, 2.45) is 5.10 Å². The van der Waals surface area contributed by atoms with Crippen LogP contribution in [0.2, 0.25) is 5.02 Å². The Bertz CT molecular complexity index is 741.